The topological polar surface area (TPSA) is 103 Å². The molecule has 3 aromatic rings. The molecule has 31 heavy (non-hydrogen) atoms. The van der Waals surface area contributed by atoms with Crippen LogP contribution >= 0.6 is 0 Å². The number of rotatable bonds is 2. The normalized spacial score (nSPS) is 15.1. The summed E-state index contributed by atoms with van der Waals surface area (Å²) in [6.07, 6.45) is 4.71. The van der Waals surface area contributed by atoms with E-state index in [0.29, 0.717) is 24.2 Å². The predicted octanol–water partition coefficient (Wildman–Crippen LogP) is 3.68. The van der Waals surface area contributed by atoms with Gasteiger partial charge in [-0.3, -0.25) is 4.79 Å². The number of fused-ring (bicyclic) bond motifs is 1. The summed E-state index contributed by atoms with van der Waals surface area (Å²) in [5.41, 5.74) is 2.68. The van der Waals surface area contributed by atoms with E-state index in [1.807, 2.05) is 39.1 Å². The van der Waals surface area contributed by atoms with Crippen LogP contribution in [0.2, 0.25) is 0 Å². The van der Waals surface area contributed by atoms with Crippen LogP contribution in [-0.4, -0.2) is 44.3 Å². The monoisotopic (exact) mass is 419 g/mol. The molecule has 0 atom stereocenters. The average Bonchev–Trinajstić information content (AvgIpc) is 3.17. The molecule has 1 saturated heterocycles. The molecule has 1 amide bonds. The van der Waals surface area contributed by atoms with E-state index in [0.717, 1.165) is 29.7 Å². The molecule has 3 heterocycles. The van der Waals surface area contributed by atoms with Crippen molar-refractivity contribution in [1.82, 2.24) is 19.5 Å². The number of amides is 1. The highest BCUT2D eigenvalue weighted by Crippen LogP contribution is 2.28. The van der Waals surface area contributed by atoms with E-state index in [4.69, 9.17) is 10.00 Å². The Balaban J connectivity index is 1.54. The molecule has 0 radical (unpaired) electrons. The van der Waals surface area contributed by atoms with Gasteiger partial charge in [0.25, 0.3) is 5.56 Å². The predicted molar refractivity (Wildman–Crippen MR) is 116 cm³/mol. The lowest BCUT2D eigenvalue weighted by molar-refractivity contribution is 0.0204. The molecule has 160 valence electrons. The van der Waals surface area contributed by atoms with Crippen molar-refractivity contribution in [2.75, 3.05) is 13.1 Å². The van der Waals surface area contributed by atoms with Crippen LogP contribution in [0, 0.1) is 11.3 Å². The van der Waals surface area contributed by atoms with E-state index in [2.05, 4.69) is 16.2 Å². The summed E-state index contributed by atoms with van der Waals surface area (Å²) in [7, 11) is 0. The second-order valence-corrected chi connectivity index (χ2v) is 8.82. The Morgan fingerprint density at radius 1 is 1.23 bits per heavy atom. The van der Waals surface area contributed by atoms with Gasteiger partial charge in [0.15, 0.2) is 0 Å². The first-order chi connectivity index (χ1) is 14.7. The second kappa shape index (κ2) is 7.91. The Kier molecular flexibility index (Phi) is 5.27. The zero-order valence-electron chi connectivity index (χ0n) is 17.9. The van der Waals surface area contributed by atoms with E-state index in [-0.39, 0.29) is 17.6 Å². The van der Waals surface area contributed by atoms with Crippen LogP contribution in [0.25, 0.3) is 16.6 Å². The molecular formula is C23H25N5O3. The number of likely N-dealkylation sites (tertiary alicyclic amines) is 1. The first kappa shape index (κ1) is 20.7. The van der Waals surface area contributed by atoms with Crippen molar-refractivity contribution < 1.29 is 9.53 Å². The zero-order valence-corrected chi connectivity index (χ0v) is 17.9. The number of aromatic amines is 1. The standard InChI is InChI=1S/C23H25N5O3/c1-23(2,3)31-22(30)27-10-8-17(9-11-27)19-14-28-20(21(29)26-19)18(13-25-28)16-6-4-15(12-24)5-7-16/h4-7,13-14,17H,8-11H2,1-3H3,(H,26,29). The van der Waals surface area contributed by atoms with E-state index in [9.17, 15) is 9.59 Å². The van der Waals surface area contributed by atoms with Crippen LogP contribution in [0.4, 0.5) is 4.79 Å². The van der Waals surface area contributed by atoms with Gasteiger partial charge >= 0.3 is 6.09 Å². The van der Waals surface area contributed by atoms with Crippen molar-refractivity contribution in [3.63, 3.8) is 0 Å². The molecule has 2 aromatic heterocycles. The molecule has 8 nitrogen and oxygen atoms in total. The Morgan fingerprint density at radius 3 is 2.52 bits per heavy atom. The Bertz CT molecular complexity index is 1200. The van der Waals surface area contributed by atoms with Gasteiger partial charge in [0, 0.05) is 36.5 Å². The zero-order chi connectivity index (χ0) is 22.2. The number of nitrogens with zero attached hydrogens (tertiary/aromatic N) is 4. The first-order valence-electron chi connectivity index (χ1n) is 10.3. The quantitative estimate of drug-likeness (QED) is 0.682. The van der Waals surface area contributed by atoms with Crippen molar-refractivity contribution in [3.8, 4) is 17.2 Å². The van der Waals surface area contributed by atoms with Gasteiger partial charge in [-0.15, -0.1) is 0 Å². The smallest absolute Gasteiger partial charge is 0.410 e. The van der Waals surface area contributed by atoms with Gasteiger partial charge in [-0.2, -0.15) is 10.4 Å². The van der Waals surface area contributed by atoms with Gasteiger partial charge in [-0.05, 0) is 51.3 Å². The fraction of sp³-hybridized carbons (Fsp3) is 0.391. The van der Waals surface area contributed by atoms with Gasteiger partial charge in [0.05, 0.1) is 17.8 Å². The molecule has 1 aliphatic heterocycles. The van der Waals surface area contributed by atoms with Crippen LogP contribution in [0.1, 0.15) is 50.8 Å². The third-order valence-corrected chi connectivity index (χ3v) is 5.44. The number of nitrogens with one attached hydrogen (secondary N) is 1. The number of hydrogen-bond donors (Lipinski definition) is 1. The second-order valence-electron chi connectivity index (χ2n) is 8.82. The Labute approximate surface area is 180 Å². The molecular weight excluding hydrogens is 394 g/mol. The van der Waals surface area contributed by atoms with Gasteiger partial charge in [0.1, 0.15) is 11.1 Å². The largest absolute Gasteiger partial charge is 0.444 e. The third kappa shape index (κ3) is 4.31. The summed E-state index contributed by atoms with van der Waals surface area (Å²) in [6, 6.07) is 9.17. The summed E-state index contributed by atoms with van der Waals surface area (Å²) in [6.45, 7) is 6.72. The first-order valence-corrected chi connectivity index (χ1v) is 10.3. The molecule has 1 N–H and O–H groups in total. The van der Waals surface area contributed by atoms with Crippen molar-refractivity contribution in [2.24, 2.45) is 0 Å². The number of carbonyl (C=O) groups excluding carboxylic acids is 1. The Morgan fingerprint density at radius 2 is 1.90 bits per heavy atom. The van der Waals surface area contributed by atoms with Crippen LogP contribution < -0.4 is 5.56 Å². The lowest BCUT2D eigenvalue weighted by Crippen LogP contribution is -2.41. The molecule has 0 aliphatic carbocycles. The summed E-state index contributed by atoms with van der Waals surface area (Å²) in [5, 5.41) is 13.4. The highest BCUT2D eigenvalue weighted by molar-refractivity contribution is 5.79. The minimum atomic E-state index is -0.517. The SMILES string of the molecule is CC(C)(C)OC(=O)N1CCC(c2cn3ncc(-c4ccc(C#N)cc4)c3c(=O)[nH]2)CC1. The number of piperidine rings is 1. The molecule has 0 bridgehead atoms. The number of benzene rings is 1. The minimum absolute atomic E-state index is 0.137. The summed E-state index contributed by atoms with van der Waals surface area (Å²) in [4.78, 5) is 29.9. The van der Waals surface area contributed by atoms with Crippen LogP contribution in [0.15, 0.2) is 41.5 Å². The maximum absolute atomic E-state index is 12.9. The highest BCUT2D eigenvalue weighted by atomic mass is 16.6. The van der Waals surface area contributed by atoms with Crippen molar-refractivity contribution >= 4 is 11.6 Å². The Hall–Kier alpha value is -3.60. The molecule has 1 aromatic carbocycles. The van der Waals surface area contributed by atoms with Crippen molar-refractivity contribution in [2.45, 2.75) is 45.1 Å². The van der Waals surface area contributed by atoms with Gasteiger partial charge in [0.2, 0.25) is 0 Å². The maximum Gasteiger partial charge on any atom is 0.410 e. The molecule has 1 aliphatic rings. The molecule has 0 spiro atoms. The summed E-state index contributed by atoms with van der Waals surface area (Å²) >= 11 is 0. The lowest BCUT2D eigenvalue weighted by Gasteiger charge is -2.33. The highest BCUT2D eigenvalue weighted by Gasteiger charge is 2.28. The van der Waals surface area contributed by atoms with Gasteiger partial charge in [-0.25, -0.2) is 9.31 Å². The molecule has 1 fully saturated rings. The molecule has 0 unspecified atom stereocenters. The van der Waals surface area contributed by atoms with Crippen molar-refractivity contribution in [1.29, 1.82) is 5.26 Å². The average molecular weight is 419 g/mol. The van der Waals surface area contributed by atoms with E-state index < -0.39 is 5.60 Å². The lowest BCUT2D eigenvalue weighted by atomic mass is 9.94. The molecule has 0 saturated carbocycles. The summed E-state index contributed by atoms with van der Waals surface area (Å²) < 4.78 is 7.06. The van der Waals surface area contributed by atoms with Crippen LogP contribution in [0.3, 0.4) is 0 Å². The minimum Gasteiger partial charge on any atom is -0.444 e. The fourth-order valence-corrected chi connectivity index (χ4v) is 3.88. The molecule has 8 heteroatoms. The number of ether oxygens (including phenoxy) is 1. The van der Waals surface area contributed by atoms with E-state index in [1.54, 1.807) is 27.7 Å². The summed E-state index contributed by atoms with van der Waals surface area (Å²) in [5.74, 6) is 0.137. The third-order valence-electron chi connectivity index (χ3n) is 5.44. The number of aromatic nitrogens is 3. The van der Waals surface area contributed by atoms with Crippen LogP contribution in [0.5, 0.6) is 0 Å². The number of carbonyl (C=O) groups is 1. The van der Waals surface area contributed by atoms with Gasteiger partial charge < -0.3 is 14.6 Å². The number of H-pyrrole nitrogens is 1. The molecule has 4 rings (SSSR count). The van der Waals surface area contributed by atoms with E-state index >= 15 is 0 Å². The van der Waals surface area contributed by atoms with Crippen molar-refractivity contribution in [3.05, 3.63) is 58.3 Å². The van der Waals surface area contributed by atoms with Crippen LogP contribution in [-0.2, 0) is 4.74 Å². The number of nitriles is 1. The fourth-order valence-electron chi connectivity index (χ4n) is 3.88. The van der Waals surface area contributed by atoms with Gasteiger partial charge in [-0.1, -0.05) is 12.1 Å². The van der Waals surface area contributed by atoms with E-state index in [1.165, 1.54) is 0 Å². The number of hydrogen-bond acceptors (Lipinski definition) is 5. The maximum atomic E-state index is 12.9.